The summed E-state index contributed by atoms with van der Waals surface area (Å²) in [6, 6.07) is 44.0. The molecule has 0 saturated heterocycles. The van der Waals surface area contributed by atoms with E-state index in [4.69, 9.17) is 8.83 Å². The molecule has 0 fully saturated rings. The summed E-state index contributed by atoms with van der Waals surface area (Å²) >= 11 is 0. The summed E-state index contributed by atoms with van der Waals surface area (Å²) in [7, 11) is -1.59. The van der Waals surface area contributed by atoms with E-state index in [1.807, 2.05) is 97.1 Å². The Labute approximate surface area is 241 Å². The summed E-state index contributed by atoms with van der Waals surface area (Å²) < 4.78 is 12.4. The van der Waals surface area contributed by atoms with E-state index < -0.39 is 7.12 Å². The van der Waals surface area contributed by atoms with E-state index in [2.05, 4.69) is 35.2 Å². The molecule has 200 valence electrons. The van der Waals surface area contributed by atoms with Crippen molar-refractivity contribution in [2.75, 3.05) is 4.90 Å². The zero-order chi connectivity index (χ0) is 28.2. The first kappa shape index (κ1) is 24.5. The molecule has 0 aliphatic heterocycles. The van der Waals surface area contributed by atoms with Crippen LogP contribution >= 0.6 is 0 Å². The van der Waals surface area contributed by atoms with E-state index in [0.29, 0.717) is 5.46 Å². The van der Waals surface area contributed by atoms with Crippen LogP contribution in [0.2, 0.25) is 0 Å². The van der Waals surface area contributed by atoms with E-state index in [9.17, 15) is 10.0 Å². The fourth-order valence-corrected chi connectivity index (χ4v) is 5.96. The van der Waals surface area contributed by atoms with Crippen molar-refractivity contribution in [3.05, 3.63) is 133 Å². The van der Waals surface area contributed by atoms with Crippen LogP contribution in [0.3, 0.4) is 0 Å². The summed E-state index contributed by atoms with van der Waals surface area (Å²) in [5.74, 6) is 0. The minimum Gasteiger partial charge on any atom is -0.456 e. The van der Waals surface area contributed by atoms with Crippen molar-refractivity contribution in [3.8, 4) is 11.1 Å². The number of rotatable bonds is 5. The molecule has 0 radical (unpaired) electrons. The second-order valence-corrected chi connectivity index (χ2v) is 10.4. The third kappa shape index (κ3) is 3.89. The Balaban J connectivity index is 1.47. The van der Waals surface area contributed by atoms with Gasteiger partial charge in [-0.1, -0.05) is 84.9 Å². The van der Waals surface area contributed by atoms with Gasteiger partial charge in [-0.15, -0.1) is 0 Å². The van der Waals surface area contributed by atoms with Crippen LogP contribution in [0.4, 0.5) is 17.1 Å². The quantitative estimate of drug-likeness (QED) is 0.213. The molecule has 42 heavy (non-hydrogen) atoms. The fraction of sp³-hybridized carbons (Fsp3) is 0. The lowest BCUT2D eigenvalue weighted by molar-refractivity contribution is 0.426. The molecular weight excluding hydrogens is 521 g/mol. The summed E-state index contributed by atoms with van der Waals surface area (Å²) in [6.45, 7) is 0. The molecular formula is C36H24BNO4. The molecule has 0 aliphatic rings. The third-order valence-corrected chi connectivity index (χ3v) is 7.88. The zero-order valence-corrected chi connectivity index (χ0v) is 22.4. The minimum absolute atomic E-state index is 0.417. The molecule has 0 saturated carbocycles. The number of furan rings is 2. The van der Waals surface area contributed by atoms with Gasteiger partial charge in [0.2, 0.25) is 0 Å². The Morgan fingerprint density at radius 2 is 1.17 bits per heavy atom. The molecule has 0 spiro atoms. The molecule has 0 unspecified atom stereocenters. The average molecular weight is 545 g/mol. The van der Waals surface area contributed by atoms with Crippen molar-refractivity contribution in [2.24, 2.45) is 0 Å². The number of hydrogen-bond acceptors (Lipinski definition) is 5. The van der Waals surface area contributed by atoms with Gasteiger partial charge < -0.3 is 23.8 Å². The molecule has 5 nitrogen and oxygen atoms in total. The normalized spacial score (nSPS) is 11.6. The third-order valence-electron chi connectivity index (χ3n) is 7.88. The molecule has 2 heterocycles. The standard InChI is InChI=1S/C36H24BNO4/c39-37(40)24-17-19-30(28(21-24)23-9-2-1-3-10-23)38(25-18-20-34-29(22-25)26-11-4-6-14-32(26)41-34)31-13-8-16-35-36(31)27-12-5-7-15-33(27)42-35/h1-22,39-40H. The Kier molecular flexibility index (Phi) is 5.64. The number of anilines is 3. The lowest BCUT2D eigenvalue weighted by Crippen LogP contribution is -2.30. The number of hydrogen-bond donors (Lipinski definition) is 2. The van der Waals surface area contributed by atoms with Crippen LogP contribution in [-0.2, 0) is 0 Å². The van der Waals surface area contributed by atoms with Gasteiger partial charge in [0.1, 0.15) is 22.3 Å². The molecule has 8 rings (SSSR count). The van der Waals surface area contributed by atoms with Gasteiger partial charge in [0.25, 0.3) is 0 Å². The Morgan fingerprint density at radius 3 is 1.98 bits per heavy atom. The molecule has 2 aromatic heterocycles. The molecule has 8 aromatic rings. The molecule has 6 aromatic carbocycles. The first-order valence-corrected chi connectivity index (χ1v) is 13.8. The highest BCUT2D eigenvalue weighted by atomic mass is 16.4. The average Bonchev–Trinajstić information content (AvgIpc) is 3.60. The van der Waals surface area contributed by atoms with Gasteiger partial charge in [-0.05, 0) is 59.6 Å². The number of benzene rings is 6. The Hall–Kier alpha value is -5.30. The fourth-order valence-electron chi connectivity index (χ4n) is 5.96. The van der Waals surface area contributed by atoms with Crippen molar-refractivity contribution < 1.29 is 18.9 Å². The minimum atomic E-state index is -1.59. The number of nitrogens with zero attached hydrogens (tertiary/aromatic N) is 1. The highest BCUT2D eigenvalue weighted by molar-refractivity contribution is 6.58. The van der Waals surface area contributed by atoms with Crippen molar-refractivity contribution >= 4 is 73.5 Å². The number of para-hydroxylation sites is 2. The second kappa shape index (κ2) is 9.66. The molecule has 0 atom stereocenters. The van der Waals surface area contributed by atoms with Crippen LogP contribution in [0.15, 0.2) is 142 Å². The Bertz CT molecular complexity index is 2250. The van der Waals surface area contributed by atoms with Crippen LogP contribution in [0.5, 0.6) is 0 Å². The van der Waals surface area contributed by atoms with Crippen LogP contribution in [-0.4, -0.2) is 17.2 Å². The first-order valence-electron chi connectivity index (χ1n) is 13.8. The van der Waals surface area contributed by atoms with Crippen LogP contribution in [0, 0.1) is 0 Å². The maximum absolute atomic E-state index is 10.1. The molecule has 0 bridgehead atoms. The van der Waals surface area contributed by atoms with E-state index in [1.165, 1.54) is 0 Å². The van der Waals surface area contributed by atoms with Crippen LogP contribution in [0.1, 0.15) is 0 Å². The predicted octanol–water partition coefficient (Wildman–Crippen LogP) is 8.30. The van der Waals surface area contributed by atoms with Gasteiger partial charge in [-0.2, -0.15) is 0 Å². The molecule has 0 amide bonds. The van der Waals surface area contributed by atoms with Gasteiger partial charge in [0, 0.05) is 27.4 Å². The monoisotopic (exact) mass is 545 g/mol. The largest absolute Gasteiger partial charge is 0.488 e. The van der Waals surface area contributed by atoms with E-state index >= 15 is 0 Å². The predicted molar refractivity (Wildman–Crippen MR) is 171 cm³/mol. The van der Waals surface area contributed by atoms with Crippen LogP contribution < -0.4 is 10.4 Å². The van der Waals surface area contributed by atoms with Gasteiger partial charge >= 0.3 is 7.12 Å². The van der Waals surface area contributed by atoms with Gasteiger partial charge in [-0.3, -0.25) is 0 Å². The van der Waals surface area contributed by atoms with Crippen molar-refractivity contribution in [2.45, 2.75) is 0 Å². The van der Waals surface area contributed by atoms with Gasteiger partial charge in [-0.25, -0.2) is 0 Å². The van der Waals surface area contributed by atoms with Crippen LogP contribution in [0.25, 0.3) is 55.0 Å². The maximum atomic E-state index is 10.1. The summed E-state index contributed by atoms with van der Waals surface area (Å²) in [5, 5.41) is 24.3. The van der Waals surface area contributed by atoms with Gasteiger partial charge in [0.15, 0.2) is 0 Å². The highest BCUT2D eigenvalue weighted by Gasteiger charge is 2.24. The van der Waals surface area contributed by atoms with Crippen molar-refractivity contribution in [1.29, 1.82) is 0 Å². The molecule has 0 aliphatic carbocycles. The van der Waals surface area contributed by atoms with Gasteiger partial charge in [0.05, 0.1) is 16.8 Å². The zero-order valence-electron chi connectivity index (χ0n) is 22.4. The highest BCUT2D eigenvalue weighted by Crippen LogP contribution is 2.46. The van der Waals surface area contributed by atoms with Crippen molar-refractivity contribution in [3.63, 3.8) is 0 Å². The summed E-state index contributed by atoms with van der Waals surface area (Å²) in [6.07, 6.45) is 0. The topological polar surface area (TPSA) is 70.0 Å². The lowest BCUT2D eigenvalue weighted by atomic mass is 9.78. The summed E-state index contributed by atoms with van der Waals surface area (Å²) in [5.41, 5.74) is 8.26. The van der Waals surface area contributed by atoms with E-state index in [-0.39, 0.29) is 0 Å². The number of fused-ring (bicyclic) bond motifs is 6. The second-order valence-electron chi connectivity index (χ2n) is 10.4. The van der Waals surface area contributed by atoms with Crippen molar-refractivity contribution in [1.82, 2.24) is 0 Å². The van der Waals surface area contributed by atoms with E-state index in [0.717, 1.165) is 72.1 Å². The molecule has 6 heteroatoms. The Morgan fingerprint density at radius 1 is 0.500 bits per heavy atom. The molecule has 2 N–H and O–H groups in total. The maximum Gasteiger partial charge on any atom is 0.488 e. The summed E-state index contributed by atoms with van der Waals surface area (Å²) in [4.78, 5) is 2.22. The first-order chi connectivity index (χ1) is 20.7. The lowest BCUT2D eigenvalue weighted by Gasteiger charge is -2.29. The van der Waals surface area contributed by atoms with E-state index in [1.54, 1.807) is 6.07 Å². The SMILES string of the molecule is OB(O)c1ccc(N(c2ccc3oc4ccccc4c3c2)c2cccc3oc4ccccc4c23)c(-c2ccccc2)c1. The smallest absolute Gasteiger partial charge is 0.456 e.